The molecule has 0 saturated heterocycles. The normalized spacial score (nSPS) is 9.96. The van der Waals surface area contributed by atoms with Gasteiger partial charge in [-0.3, -0.25) is 9.59 Å². The number of amides is 1. The number of hydrogen-bond acceptors (Lipinski definition) is 5. The largest absolute Gasteiger partial charge is 0.506 e. The van der Waals surface area contributed by atoms with E-state index in [4.69, 9.17) is 9.84 Å². The van der Waals surface area contributed by atoms with E-state index >= 15 is 0 Å². The van der Waals surface area contributed by atoms with E-state index in [0.29, 0.717) is 5.75 Å². The van der Waals surface area contributed by atoms with Gasteiger partial charge >= 0.3 is 11.9 Å². The van der Waals surface area contributed by atoms with E-state index in [1.54, 1.807) is 0 Å². The Morgan fingerprint density at radius 3 is 2.17 bits per heavy atom. The summed E-state index contributed by atoms with van der Waals surface area (Å²) in [5, 5.41) is 21.0. The van der Waals surface area contributed by atoms with Gasteiger partial charge in [0.2, 0.25) is 0 Å². The van der Waals surface area contributed by atoms with Crippen molar-refractivity contribution < 1.29 is 29.3 Å². The van der Waals surface area contributed by atoms with Gasteiger partial charge in [-0.05, 0) is 42.5 Å². The van der Waals surface area contributed by atoms with Gasteiger partial charge in [0.1, 0.15) is 11.5 Å². The predicted molar refractivity (Wildman–Crippen MR) is 80.8 cm³/mol. The minimum atomic E-state index is -1.17. The van der Waals surface area contributed by atoms with Crippen LogP contribution >= 0.6 is 0 Å². The standard InChI is InChI=1S/C16H13NO6/c1-9(18)23-12-5-2-10(3-6-12)15(20)17-13-8-11(16(21)22)4-7-14(13)19/h2-8,19H,1H3,(H,17,20)(H,21,22). The number of carbonyl (C=O) groups is 3. The zero-order chi connectivity index (χ0) is 17.0. The van der Waals surface area contributed by atoms with Gasteiger partial charge in [0.05, 0.1) is 11.3 Å². The van der Waals surface area contributed by atoms with Crippen molar-refractivity contribution in [3.63, 3.8) is 0 Å². The Hall–Kier alpha value is -3.35. The van der Waals surface area contributed by atoms with Crippen LogP contribution in [0.25, 0.3) is 0 Å². The van der Waals surface area contributed by atoms with E-state index in [-0.39, 0.29) is 22.6 Å². The summed E-state index contributed by atoms with van der Waals surface area (Å²) in [6.07, 6.45) is 0. The van der Waals surface area contributed by atoms with E-state index in [1.165, 1.54) is 43.3 Å². The Labute approximate surface area is 131 Å². The number of ether oxygens (including phenoxy) is 1. The maximum absolute atomic E-state index is 12.1. The number of rotatable bonds is 4. The fraction of sp³-hybridized carbons (Fsp3) is 0.0625. The lowest BCUT2D eigenvalue weighted by Gasteiger charge is -2.09. The summed E-state index contributed by atoms with van der Waals surface area (Å²) < 4.78 is 4.85. The summed E-state index contributed by atoms with van der Waals surface area (Å²) >= 11 is 0. The molecule has 7 nitrogen and oxygen atoms in total. The van der Waals surface area contributed by atoms with Crippen LogP contribution in [0.3, 0.4) is 0 Å². The maximum atomic E-state index is 12.1. The lowest BCUT2D eigenvalue weighted by atomic mass is 10.1. The molecule has 1 amide bonds. The lowest BCUT2D eigenvalue weighted by Crippen LogP contribution is -2.12. The van der Waals surface area contributed by atoms with Crippen LogP contribution in [0, 0.1) is 0 Å². The summed E-state index contributed by atoms with van der Waals surface area (Å²) in [6, 6.07) is 9.33. The molecule has 0 bridgehead atoms. The number of benzene rings is 2. The number of carboxylic acids is 1. The molecule has 0 spiro atoms. The first-order valence-electron chi connectivity index (χ1n) is 6.53. The molecular weight excluding hydrogens is 302 g/mol. The van der Waals surface area contributed by atoms with Crippen LogP contribution in [0.2, 0.25) is 0 Å². The highest BCUT2D eigenvalue weighted by Gasteiger charge is 2.12. The van der Waals surface area contributed by atoms with Crippen LogP contribution in [-0.2, 0) is 4.79 Å². The molecule has 0 heterocycles. The SMILES string of the molecule is CC(=O)Oc1ccc(C(=O)Nc2cc(C(=O)O)ccc2O)cc1. The molecule has 0 aliphatic heterocycles. The van der Waals surface area contributed by atoms with Crippen molar-refractivity contribution in [1.82, 2.24) is 0 Å². The molecule has 2 rings (SSSR count). The topological polar surface area (TPSA) is 113 Å². The van der Waals surface area contributed by atoms with E-state index in [2.05, 4.69) is 5.32 Å². The number of phenols is 1. The minimum Gasteiger partial charge on any atom is -0.506 e. The van der Waals surface area contributed by atoms with Gasteiger partial charge in [-0.2, -0.15) is 0 Å². The first-order valence-corrected chi connectivity index (χ1v) is 6.53. The molecule has 2 aromatic carbocycles. The van der Waals surface area contributed by atoms with Crippen molar-refractivity contribution >= 4 is 23.5 Å². The van der Waals surface area contributed by atoms with Crippen molar-refractivity contribution in [3.05, 3.63) is 53.6 Å². The van der Waals surface area contributed by atoms with Crippen molar-refractivity contribution in [3.8, 4) is 11.5 Å². The number of esters is 1. The number of aromatic carboxylic acids is 1. The first kappa shape index (κ1) is 16.0. The molecule has 0 aliphatic rings. The van der Waals surface area contributed by atoms with Crippen molar-refractivity contribution in [2.24, 2.45) is 0 Å². The van der Waals surface area contributed by atoms with Crippen molar-refractivity contribution in [2.45, 2.75) is 6.92 Å². The molecule has 0 aromatic heterocycles. The second-order valence-electron chi connectivity index (χ2n) is 4.61. The Morgan fingerprint density at radius 2 is 1.61 bits per heavy atom. The number of carboxylic acid groups (broad SMARTS) is 1. The highest BCUT2D eigenvalue weighted by molar-refractivity contribution is 6.05. The minimum absolute atomic E-state index is 0.0148. The maximum Gasteiger partial charge on any atom is 0.335 e. The second-order valence-corrected chi connectivity index (χ2v) is 4.61. The highest BCUT2D eigenvalue weighted by atomic mass is 16.5. The summed E-state index contributed by atoms with van der Waals surface area (Å²) in [7, 11) is 0. The van der Waals surface area contributed by atoms with Crippen molar-refractivity contribution in [1.29, 1.82) is 0 Å². The molecule has 0 atom stereocenters. The van der Waals surface area contributed by atoms with E-state index in [1.807, 2.05) is 0 Å². The van der Waals surface area contributed by atoms with Gasteiger partial charge in [0.25, 0.3) is 5.91 Å². The van der Waals surface area contributed by atoms with Gasteiger partial charge in [-0.25, -0.2) is 4.79 Å². The predicted octanol–water partition coefficient (Wildman–Crippen LogP) is 2.27. The molecule has 0 saturated carbocycles. The molecule has 3 N–H and O–H groups in total. The van der Waals surface area contributed by atoms with Crippen molar-refractivity contribution in [2.75, 3.05) is 5.32 Å². The fourth-order valence-corrected chi connectivity index (χ4v) is 1.80. The Bertz CT molecular complexity index is 767. The molecule has 23 heavy (non-hydrogen) atoms. The molecule has 0 unspecified atom stereocenters. The van der Waals surface area contributed by atoms with E-state index in [9.17, 15) is 19.5 Å². The van der Waals surface area contributed by atoms with E-state index in [0.717, 1.165) is 6.07 Å². The summed E-state index contributed by atoms with van der Waals surface area (Å²) in [6.45, 7) is 1.26. The number of carbonyl (C=O) groups excluding carboxylic acids is 2. The summed E-state index contributed by atoms with van der Waals surface area (Å²) in [5.74, 6) is -2.15. The highest BCUT2D eigenvalue weighted by Crippen LogP contribution is 2.25. The number of aromatic hydroxyl groups is 1. The van der Waals surface area contributed by atoms with Crippen LogP contribution in [0.5, 0.6) is 11.5 Å². The fourth-order valence-electron chi connectivity index (χ4n) is 1.80. The van der Waals surface area contributed by atoms with Gasteiger partial charge < -0.3 is 20.3 Å². The third-order valence-electron chi connectivity index (χ3n) is 2.87. The second kappa shape index (κ2) is 6.61. The monoisotopic (exact) mass is 315 g/mol. The molecule has 0 radical (unpaired) electrons. The molecule has 118 valence electrons. The van der Waals surface area contributed by atoms with Gasteiger partial charge in [0, 0.05) is 12.5 Å². The van der Waals surface area contributed by atoms with Crippen LogP contribution < -0.4 is 10.1 Å². The van der Waals surface area contributed by atoms with E-state index < -0.39 is 17.8 Å². The van der Waals surface area contributed by atoms with Crippen LogP contribution in [0.4, 0.5) is 5.69 Å². The number of phenolic OH excluding ortho intramolecular Hbond substituents is 1. The number of hydrogen-bond donors (Lipinski definition) is 3. The third-order valence-corrected chi connectivity index (χ3v) is 2.87. The molecule has 0 fully saturated rings. The Morgan fingerprint density at radius 1 is 1.00 bits per heavy atom. The van der Waals surface area contributed by atoms with Gasteiger partial charge in [-0.15, -0.1) is 0 Å². The quantitative estimate of drug-likeness (QED) is 0.453. The number of anilines is 1. The summed E-state index contributed by atoms with van der Waals surface area (Å²) in [4.78, 5) is 33.8. The molecule has 0 aliphatic carbocycles. The molecule has 2 aromatic rings. The van der Waals surface area contributed by atoms with Crippen LogP contribution in [0.15, 0.2) is 42.5 Å². The van der Waals surface area contributed by atoms with Gasteiger partial charge in [0.15, 0.2) is 0 Å². The Balaban J connectivity index is 2.17. The third kappa shape index (κ3) is 4.07. The average molecular weight is 315 g/mol. The number of nitrogens with one attached hydrogen (secondary N) is 1. The zero-order valence-corrected chi connectivity index (χ0v) is 12.1. The van der Waals surface area contributed by atoms with Crippen LogP contribution in [-0.4, -0.2) is 28.1 Å². The Kier molecular flexibility index (Phi) is 4.61. The zero-order valence-electron chi connectivity index (χ0n) is 12.1. The molecular formula is C16H13NO6. The van der Waals surface area contributed by atoms with Gasteiger partial charge in [-0.1, -0.05) is 0 Å². The lowest BCUT2D eigenvalue weighted by molar-refractivity contribution is -0.131. The first-order chi connectivity index (χ1) is 10.9. The average Bonchev–Trinajstić information content (AvgIpc) is 2.49. The molecule has 7 heteroatoms. The van der Waals surface area contributed by atoms with Crippen LogP contribution in [0.1, 0.15) is 27.6 Å². The smallest absolute Gasteiger partial charge is 0.335 e. The summed E-state index contributed by atoms with van der Waals surface area (Å²) in [5.41, 5.74) is 0.170.